The van der Waals surface area contributed by atoms with Gasteiger partial charge in [0, 0.05) is 0 Å². The van der Waals surface area contributed by atoms with Gasteiger partial charge in [-0.25, -0.2) is 4.79 Å². The lowest BCUT2D eigenvalue weighted by Crippen LogP contribution is -2.34. The average molecular weight is 215 g/mol. The number of primary amides is 2. The number of urea groups is 1. The molecule has 15 heavy (non-hydrogen) atoms. The first-order chi connectivity index (χ1) is 6.93. The molecule has 9 heteroatoms. The molecular formula is C6H9N5O4. The zero-order valence-corrected chi connectivity index (χ0v) is 7.37. The Labute approximate surface area is 83.0 Å². The van der Waals surface area contributed by atoms with Gasteiger partial charge in [0.25, 0.3) is 5.91 Å². The van der Waals surface area contributed by atoms with Gasteiger partial charge in [-0.1, -0.05) is 0 Å². The van der Waals surface area contributed by atoms with E-state index in [1.807, 2.05) is 10.4 Å². The van der Waals surface area contributed by atoms with Crippen LogP contribution in [0, 0.1) is 0 Å². The van der Waals surface area contributed by atoms with Crippen molar-refractivity contribution >= 4 is 17.6 Å². The summed E-state index contributed by atoms with van der Waals surface area (Å²) < 4.78 is 0. The van der Waals surface area contributed by atoms with E-state index in [0.717, 1.165) is 0 Å². The molecule has 0 radical (unpaired) electrons. The SMILES string of the molecule is NC(=O)NNc1c(O)[nH]c(O)c1C(N)=O. The molecule has 0 aromatic carbocycles. The van der Waals surface area contributed by atoms with Crippen LogP contribution in [0.4, 0.5) is 10.5 Å². The average Bonchev–Trinajstić information content (AvgIpc) is 2.37. The van der Waals surface area contributed by atoms with E-state index in [1.165, 1.54) is 0 Å². The standard InChI is InChI=1S/C6H9N5O4/c7-3(12)1-2(10-11-6(8)15)5(14)9-4(1)13/h9-10,13-14H,(H2,7,12)(H3,8,11,15). The van der Waals surface area contributed by atoms with Crippen molar-refractivity contribution in [2.24, 2.45) is 11.5 Å². The van der Waals surface area contributed by atoms with Gasteiger partial charge in [0.15, 0.2) is 0 Å². The summed E-state index contributed by atoms with van der Waals surface area (Å²) in [7, 11) is 0. The molecule has 0 aliphatic carbocycles. The Morgan fingerprint density at radius 1 is 1.20 bits per heavy atom. The molecule has 1 aromatic rings. The quantitative estimate of drug-likeness (QED) is 0.305. The van der Waals surface area contributed by atoms with Gasteiger partial charge in [-0.15, -0.1) is 0 Å². The lowest BCUT2D eigenvalue weighted by molar-refractivity contribution is 0.0998. The number of hydrogen-bond acceptors (Lipinski definition) is 5. The normalized spacial score (nSPS) is 9.60. The van der Waals surface area contributed by atoms with Gasteiger partial charge < -0.3 is 21.7 Å². The van der Waals surface area contributed by atoms with Crippen molar-refractivity contribution in [3.8, 4) is 11.8 Å². The first kappa shape index (κ1) is 10.5. The van der Waals surface area contributed by atoms with E-state index in [1.54, 1.807) is 0 Å². The number of anilines is 1. The van der Waals surface area contributed by atoms with E-state index >= 15 is 0 Å². The molecule has 9 N–H and O–H groups in total. The Bertz CT molecular complexity index is 412. The van der Waals surface area contributed by atoms with Crippen LogP contribution in [0.3, 0.4) is 0 Å². The van der Waals surface area contributed by atoms with Crippen LogP contribution >= 0.6 is 0 Å². The Kier molecular flexibility index (Phi) is 2.56. The first-order valence-electron chi connectivity index (χ1n) is 3.68. The number of aromatic nitrogens is 1. The number of nitrogens with two attached hydrogens (primary N) is 2. The second-order valence-electron chi connectivity index (χ2n) is 2.55. The highest BCUT2D eigenvalue weighted by Crippen LogP contribution is 2.33. The highest BCUT2D eigenvalue weighted by molar-refractivity contribution is 6.02. The zero-order chi connectivity index (χ0) is 11.6. The molecule has 3 amide bonds. The number of amides is 3. The van der Waals surface area contributed by atoms with Gasteiger partial charge >= 0.3 is 6.03 Å². The summed E-state index contributed by atoms with van der Waals surface area (Å²) in [5, 5.41) is 18.3. The molecule has 9 nitrogen and oxygen atoms in total. The van der Waals surface area contributed by atoms with E-state index in [2.05, 4.69) is 5.43 Å². The van der Waals surface area contributed by atoms with Crippen LogP contribution in [0.5, 0.6) is 11.8 Å². The maximum Gasteiger partial charge on any atom is 0.330 e. The summed E-state index contributed by atoms with van der Waals surface area (Å²) in [6.45, 7) is 0. The van der Waals surface area contributed by atoms with E-state index < -0.39 is 23.7 Å². The maximum atomic E-state index is 10.8. The molecule has 0 atom stereocenters. The number of hydrogen-bond donors (Lipinski definition) is 7. The van der Waals surface area contributed by atoms with Crippen LogP contribution in [0.25, 0.3) is 0 Å². The van der Waals surface area contributed by atoms with Crippen LogP contribution in [0.15, 0.2) is 0 Å². The van der Waals surface area contributed by atoms with Crippen LogP contribution < -0.4 is 22.3 Å². The number of nitrogens with one attached hydrogen (secondary N) is 3. The van der Waals surface area contributed by atoms with Gasteiger partial charge in [0.2, 0.25) is 11.8 Å². The second kappa shape index (κ2) is 3.65. The molecule has 1 rings (SSSR count). The maximum absolute atomic E-state index is 10.8. The van der Waals surface area contributed by atoms with Crippen LogP contribution in [0.2, 0.25) is 0 Å². The fourth-order valence-electron chi connectivity index (χ4n) is 0.960. The Hall–Kier alpha value is -2.58. The van der Waals surface area contributed by atoms with Gasteiger partial charge in [0.05, 0.1) is 0 Å². The Morgan fingerprint density at radius 2 is 1.80 bits per heavy atom. The fourth-order valence-corrected chi connectivity index (χ4v) is 0.960. The Balaban J connectivity index is 3.04. The molecule has 1 heterocycles. The van der Waals surface area contributed by atoms with E-state index in [4.69, 9.17) is 16.6 Å². The summed E-state index contributed by atoms with van der Waals surface area (Å²) in [6.07, 6.45) is 0. The van der Waals surface area contributed by atoms with Gasteiger partial charge in [-0.05, 0) is 0 Å². The summed E-state index contributed by atoms with van der Waals surface area (Å²) in [4.78, 5) is 23.2. The monoisotopic (exact) mass is 215 g/mol. The summed E-state index contributed by atoms with van der Waals surface area (Å²) in [6, 6.07) is -0.939. The van der Waals surface area contributed by atoms with Crippen molar-refractivity contribution < 1.29 is 19.8 Å². The predicted octanol–water partition coefficient (Wildman–Crippen LogP) is -1.48. The van der Waals surface area contributed by atoms with Gasteiger partial charge in [0.1, 0.15) is 11.3 Å². The van der Waals surface area contributed by atoms with E-state index in [-0.39, 0.29) is 11.3 Å². The fraction of sp³-hybridized carbons (Fsp3) is 0. The minimum atomic E-state index is -0.988. The smallest absolute Gasteiger partial charge is 0.330 e. The molecule has 0 saturated heterocycles. The van der Waals surface area contributed by atoms with Crippen molar-refractivity contribution in [2.45, 2.75) is 0 Å². The number of aromatic amines is 1. The molecule has 0 aliphatic heterocycles. The number of H-pyrrole nitrogens is 1. The molecule has 0 aliphatic rings. The third kappa shape index (κ3) is 2.02. The number of carbonyl (C=O) groups is 2. The molecule has 1 aromatic heterocycles. The van der Waals surface area contributed by atoms with Crippen molar-refractivity contribution in [3.05, 3.63) is 5.56 Å². The molecule has 0 fully saturated rings. The third-order valence-corrected chi connectivity index (χ3v) is 1.52. The second-order valence-corrected chi connectivity index (χ2v) is 2.55. The first-order valence-corrected chi connectivity index (χ1v) is 3.68. The topological polar surface area (TPSA) is 166 Å². The van der Waals surface area contributed by atoms with Crippen molar-refractivity contribution in [3.63, 3.8) is 0 Å². The predicted molar refractivity (Wildman–Crippen MR) is 49.0 cm³/mol. The summed E-state index contributed by atoms with van der Waals surface area (Å²) in [5.74, 6) is -2.17. The molecule has 0 unspecified atom stereocenters. The van der Waals surface area contributed by atoms with Gasteiger partial charge in [-0.3, -0.25) is 20.6 Å². The van der Waals surface area contributed by atoms with Crippen LogP contribution in [-0.2, 0) is 0 Å². The summed E-state index contributed by atoms with van der Waals surface area (Å²) >= 11 is 0. The highest BCUT2D eigenvalue weighted by atomic mass is 16.3. The highest BCUT2D eigenvalue weighted by Gasteiger charge is 2.21. The van der Waals surface area contributed by atoms with Crippen molar-refractivity contribution in [1.82, 2.24) is 10.4 Å². The number of aromatic hydroxyl groups is 2. The zero-order valence-electron chi connectivity index (χ0n) is 7.37. The third-order valence-electron chi connectivity index (χ3n) is 1.52. The number of carbonyl (C=O) groups excluding carboxylic acids is 2. The molecule has 0 spiro atoms. The lowest BCUT2D eigenvalue weighted by atomic mass is 10.2. The number of rotatable bonds is 3. The molecule has 82 valence electrons. The number of hydrazine groups is 1. The Morgan fingerprint density at radius 3 is 2.27 bits per heavy atom. The summed E-state index contributed by atoms with van der Waals surface area (Å²) in [5.41, 5.74) is 13.0. The lowest BCUT2D eigenvalue weighted by Gasteiger charge is -2.05. The van der Waals surface area contributed by atoms with E-state index in [0.29, 0.717) is 0 Å². The molecular weight excluding hydrogens is 206 g/mol. The van der Waals surface area contributed by atoms with Crippen LogP contribution in [0.1, 0.15) is 10.4 Å². The van der Waals surface area contributed by atoms with Gasteiger partial charge in [-0.2, -0.15) is 0 Å². The van der Waals surface area contributed by atoms with Crippen molar-refractivity contribution in [1.29, 1.82) is 0 Å². The van der Waals surface area contributed by atoms with Crippen LogP contribution in [-0.4, -0.2) is 27.1 Å². The molecule has 0 bridgehead atoms. The molecule has 0 saturated carbocycles. The van der Waals surface area contributed by atoms with E-state index in [9.17, 15) is 14.7 Å². The minimum absolute atomic E-state index is 0.265. The van der Waals surface area contributed by atoms with Crippen molar-refractivity contribution in [2.75, 3.05) is 5.43 Å². The minimum Gasteiger partial charge on any atom is -0.494 e. The largest absolute Gasteiger partial charge is 0.494 e.